The van der Waals surface area contributed by atoms with Crippen molar-refractivity contribution in [2.45, 2.75) is 18.1 Å². The molecular weight excluding hydrogens is 238 g/mol. The van der Waals surface area contributed by atoms with Gasteiger partial charge in [-0.2, -0.15) is 5.10 Å². The molecule has 2 rings (SSSR count). The molecule has 2 N–H and O–H groups in total. The molecule has 0 radical (unpaired) electrons. The molecule has 1 atom stereocenters. The highest BCUT2D eigenvalue weighted by Crippen LogP contribution is 2.19. The molecule has 0 fully saturated rings. The van der Waals surface area contributed by atoms with Gasteiger partial charge in [-0.05, 0) is 19.1 Å². The van der Waals surface area contributed by atoms with E-state index >= 15 is 0 Å². The van der Waals surface area contributed by atoms with E-state index in [1.165, 1.54) is 0 Å². The topological polar surface area (TPSA) is 70.8 Å². The molecule has 90 valence electrons. The molecular formula is C11H13N3O2S. The minimum Gasteiger partial charge on any atom is -0.480 e. The summed E-state index contributed by atoms with van der Waals surface area (Å²) in [6, 6.07) is 9.62. The van der Waals surface area contributed by atoms with E-state index in [1.54, 1.807) is 11.8 Å². The van der Waals surface area contributed by atoms with E-state index in [0.29, 0.717) is 11.6 Å². The second kappa shape index (κ2) is 5.58. The lowest BCUT2D eigenvalue weighted by Crippen LogP contribution is -2.07. The highest BCUT2D eigenvalue weighted by molar-refractivity contribution is 7.98. The van der Waals surface area contributed by atoms with Gasteiger partial charge in [0.1, 0.15) is 17.0 Å². The first-order chi connectivity index (χ1) is 8.24. The first-order valence-corrected chi connectivity index (χ1v) is 6.26. The van der Waals surface area contributed by atoms with Crippen LogP contribution in [-0.2, 0) is 5.75 Å². The molecule has 0 amide bonds. The Morgan fingerprint density at radius 1 is 1.41 bits per heavy atom. The average molecular weight is 251 g/mol. The molecule has 0 saturated heterocycles. The van der Waals surface area contributed by atoms with Crippen molar-refractivity contribution < 1.29 is 4.74 Å². The van der Waals surface area contributed by atoms with Crippen LogP contribution >= 0.6 is 11.8 Å². The lowest BCUT2D eigenvalue weighted by atomic mass is 10.3. The minimum atomic E-state index is -0.280. The predicted molar refractivity (Wildman–Crippen MR) is 67.0 cm³/mol. The van der Waals surface area contributed by atoms with E-state index in [4.69, 9.17) is 4.74 Å². The van der Waals surface area contributed by atoms with Gasteiger partial charge in [-0.25, -0.2) is 9.89 Å². The number of nitrogens with one attached hydrogen (secondary N) is 2. The number of ether oxygens (including phenoxy) is 1. The van der Waals surface area contributed by atoms with Crippen LogP contribution in [0.4, 0.5) is 0 Å². The fourth-order valence-corrected chi connectivity index (χ4v) is 2.00. The van der Waals surface area contributed by atoms with Crippen LogP contribution in [0.3, 0.4) is 0 Å². The molecule has 6 heteroatoms. The Kier molecular flexibility index (Phi) is 3.87. The van der Waals surface area contributed by atoms with Gasteiger partial charge in [-0.1, -0.05) is 18.2 Å². The summed E-state index contributed by atoms with van der Waals surface area (Å²) in [7, 11) is 0. The Morgan fingerprint density at radius 2 is 2.18 bits per heavy atom. The van der Waals surface area contributed by atoms with Crippen LogP contribution in [-0.4, -0.2) is 20.6 Å². The smallest absolute Gasteiger partial charge is 0.340 e. The van der Waals surface area contributed by atoms with Crippen LogP contribution in [0.1, 0.15) is 12.7 Å². The van der Waals surface area contributed by atoms with E-state index in [1.807, 2.05) is 37.3 Å². The molecule has 0 aliphatic carbocycles. The van der Waals surface area contributed by atoms with Crippen molar-refractivity contribution in [3.63, 3.8) is 0 Å². The summed E-state index contributed by atoms with van der Waals surface area (Å²) in [6.07, 6.45) is 0. The zero-order chi connectivity index (χ0) is 12.1. The zero-order valence-electron chi connectivity index (χ0n) is 9.34. The van der Waals surface area contributed by atoms with Gasteiger partial charge >= 0.3 is 5.69 Å². The van der Waals surface area contributed by atoms with Crippen LogP contribution in [0.2, 0.25) is 0 Å². The van der Waals surface area contributed by atoms with Gasteiger partial charge in [-0.3, -0.25) is 4.98 Å². The molecule has 1 heterocycles. The van der Waals surface area contributed by atoms with Gasteiger partial charge in [-0.15, -0.1) is 11.8 Å². The maximum absolute atomic E-state index is 10.8. The summed E-state index contributed by atoms with van der Waals surface area (Å²) in [5, 5.41) is 6.15. The number of hydrogen-bond donors (Lipinski definition) is 2. The van der Waals surface area contributed by atoms with Crippen molar-refractivity contribution in [3.8, 4) is 5.75 Å². The highest BCUT2D eigenvalue weighted by Gasteiger charge is 2.06. The lowest BCUT2D eigenvalue weighted by molar-refractivity contribution is 0.307. The lowest BCUT2D eigenvalue weighted by Gasteiger charge is -2.13. The monoisotopic (exact) mass is 251 g/mol. The zero-order valence-corrected chi connectivity index (χ0v) is 10.2. The first kappa shape index (κ1) is 11.8. The molecule has 2 aromatic rings. The van der Waals surface area contributed by atoms with Gasteiger partial charge in [0.2, 0.25) is 0 Å². The molecule has 1 aromatic carbocycles. The number of H-pyrrole nitrogens is 2. The van der Waals surface area contributed by atoms with Gasteiger partial charge in [0.25, 0.3) is 0 Å². The maximum Gasteiger partial charge on any atom is 0.340 e. The number of aromatic nitrogens is 3. The van der Waals surface area contributed by atoms with E-state index in [0.717, 1.165) is 5.75 Å². The molecule has 0 saturated carbocycles. The van der Waals surface area contributed by atoms with Gasteiger partial charge in [0.15, 0.2) is 0 Å². The number of benzene rings is 1. The van der Waals surface area contributed by atoms with Crippen LogP contribution in [0.25, 0.3) is 0 Å². The maximum atomic E-state index is 10.8. The van der Waals surface area contributed by atoms with Crippen LogP contribution in [0.5, 0.6) is 5.75 Å². The highest BCUT2D eigenvalue weighted by atomic mass is 32.2. The van der Waals surface area contributed by atoms with Gasteiger partial charge in [0, 0.05) is 0 Å². The van der Waals surface area contributed by atoms with Crippen molar-refractivity contribution >= 4 is 11.8 Å². The number of rotatable bonds is 5. The average Bonchev–Trinajstić information content (AvgIpc) is 2.74. The Balaban J connectivity index is 1.82. The third kappa shape index (κ3) is 3.67. The van der Waals surface area contributed by atoms with Crippen LogP contribution < -0.4 is 10.4 Å². The van der Waals surface area contributed by atoms with Crippen molar-refractivity contribution in [2.24, 2.45) is 0 Å². The van der Waals surface area contributed by atoms with E-state index in [-0.39, 0.29) is 11.1 Å². The summed E-state index contributed by atoms with van der Waals surface area (Å²) in [5.74, 6) is 2.07. The van der Waals surface area contributed by atoms with Crippen LogP contribution in [0, 0.1) is 0 Å². The number of para-hydroxylation sites is 1. The molecule has 17 heavy (non-hydrogen) atoms. The van der Waals surface area contributed by atoms with Crippen molar-refractivity contribution in [2.75, 3.05) is 0 Å². The largest absolute Gasteiger partial charge is 0.480 e. The molecule has 0 aliphatic rings. The fraction of sp³-hybridized carbons (Fsp3) is 0.273. The van der Waals surface area contributed by atoms with Crippen molar-refractivity contribution in [1.82, 2.24) is 15.2 Å². The third-order valence-electron chi connectivity index (χ3n) is 2.05. The summed E-state index contributed by atoms with van der Waals surface area (Å²) in [6.45, 7) is 1.96. The minimum absolute atomic E-state index is 0.00222. The SMILES string of the molecule is CC(Oc1ccccc1)SCc1n[nH]c(=O)[nH]1. The first-order valence-electron chi connectivity index (χ1n) is 5.21. The molecule has 0 aliphatic heterocycles. The Labute approximate surface area is 103 Å². The number of nitrogens with zero attached hydrogens (tertiary/aromatic N) is 1. The van der Waals surface area contributed by atoms with E-state index in [2.05, 4.69) is 15.2 Å². The quantitative estimate of drug-likeness (QED) is 0.794. The fourth-order valence-electron chi connectivity index (χ4n) is 1.29. The Hall–Kier alpha value is -1.69. The second-order valence-corrected chi connectivity index (χ2v) is 4.72. The van der Waals surface area contributed by atoms with Crippen LogP contribution in [0.15, 0.2) is 35.1 Å². The van der Waals surface area contributed by atoms with Gasteiger partial charge < -0.3 is 4.74 Å². The van der Waals surface area contributed by atoms with Crippen molar-refractivity contribution in [3.05, 3.63) is 46.6 Å². The predicted octanol–water partition coefficient (Wildman–Crippen LogP) is 1.76. The van der Waals surface area contributed by atoms with Gasteiger partial charge in [0.05, 0.1) is 5.75 Å². The number of aromatic amines is 2. The van der Waals surface area contributed by atoms with E-state index in [9.17, 15) is 4.79 Å². The summed E-state index contributed by atoms with van der Waals surface area (Å²) < 4.78 is 5.68. The van der Waals surface area contributed by atoms with Crippen molar-refractivity contribution in [1.29, 1.82) is 0 Å². The summed E-state index contributed by atoms with van der Waals surface area (Å²) in [5.41, 5.74) is -0.283. The normalized spacial score (nSPS) is 12.3. The molecule has 1 unspecified atom stereocenters. The molecule has 0 spiro atoms. The Bertz CT molecular complexity index is 509. The molecule has 5 nitrogen and oxygen atoms in total. The number of hydrogen-bond acceptors (Lipinski definition) is 4. The third-order valence-corrected chi connectivity index (χ3v) is 3.06. The molecule has 1 aromatic heterocycles. The standard InChI is InChI=1S/C11H13N3O2S/c1-8(16-9-5-3-2-4-6-9)17-7-10-12-11(15)14-13-10/h2-6,8H,7H2,1H3,(H2,12,13,14,15). The van der Waals surface area contributed by atoms with E-state index < -0.39 is 0 Å². The second-order valence-electron chi connectivity index (χ2n) is 3.43. The summed E-state index contributed by atoms with van der Waals surface area (Å²) in [4.78, 5) is 13.4. The Morgan fingerprint density at radius 3 is 2.82 bits per heavy atom. The summed E-state index contributed by atoms with van der Waals surface area (Å²) >= 11 is 1.56. The number of thioether (sulfide) groups is 1. The molecule has 0 bridgehead atoms.